The molecule has 2 aromatic rings. The monoisotopic (exact) mass is 281 g/mol. The molecule has 0 aliphatic heterocycles. The lowest BCUT2D eigenvalue weighted by Crippen LogP contribution is -2.02. The molecule has 0 spiro atoms. The van der Waals surface area contributed by atoms with Crippen LogP contribution in [0.4, 0.5) is 0 Å². The van der Waals surface area contributed by atoms with Gasteiger partial charge in [0.05, 0.1) is 5.02 Å². The number of hydrogen-bond donors (Lipinski definition) is 1. The molecule has 1 N–H and O–H groups in total. The van der Waals surface area contributed by atoms with Gasteiger partial charge in [-0.3, -0.25) is 0 Å². The maximum atomic E-state index is 6.05. The quantitative estimate of drug-likeness (QED) is 0.894. The Balaban J connectivity index is 2.04. The summed E-state index contributed by atoms with van der Waals surface area (Å²) >= 11 is 7.86. The Morgan fingerprint density at radius 1 is 1.33 bits per heavy atom. The maximum Gasteiger partial charge on any atom is 0.138 e. The van der Waals surface area contributed by atoms with E-state index in [0.29, 0.717) is 11.6 Å². The number of benzene rings is 1. The fourth-order valence-electron chi connectivity index (χ4n) is 1.71. The first-order chi connectivity index (χ1) is 8.70. The van der Waals surface area contributed by atoms with Crippen molar-refractivity contribution in [2.75, 3.05) is 7.05 Å². The largest absolute Gasteiger partial charge is 0.487 e. The van der Waals surface area contributed by atoms with Gasteiger partial charge in [-0.2, -0.15) is 0 Å². The lowest BCUT2D eigenvalue weighted by atomic mass is 10.2. The first kappa shape index (κ1) is 13.4. The van der Waals surface area contributed by atoms with Crippen LogP contribution in [0.1, 0.15) is 15.3 Å². The van der Waals surface area contributed by atoms with Gasteiger partial charge in [-0.15, -0.1) is 11.3 Å². The number of aryl methyl sites for hydroxylation is 1. The molecule has 1 aromatic heterocycles. The molecule has 0 bridgehead atoms. The highest BCUT2D eigenvalue weighted by Gasteiger charge is 2.07. The van der Waals surface area contributed by atoms with Crippen molar-refractivity contribution in [1.29, 1.82) is 0 Å². The van der Waals surface area contributed by atoms with Gasteiger partial charge >= 0.3 is 0 Å². The summed E-state index contributed by atoms with van der Waals surface area (Å²) in [7, 11) is 1.95. The molecule has 0 fully saturated rings. The highest BCUT2D eigenvalue weighted by Crippen LogP contribution is 2.26. The van der Waals surface area contributed by atoms with Gasteiger partial charge in [0.25, 0.3) is 0 Å². The van der Waals surface area contributed by atoms with Gasteiger partial charge in [0.2, 0.25) is 0 Å². The summed E-state index contributed by atoms with van der Waals surface area (Å²) in [5.41, 5.74) is 1.23. The van der Waals surface area contributed by atoms with Crippen molar-refractivity contribution in [2.45, 2.75) is 20.1 Å². The number of ether oxygens (including phenoxy) is 1. The van der Waals surface area contributed by atoms with E-state index in [0.717, 1.165) is 12.3 Å². The average Bonchev–Trinajstić information content (AvgIpc) is 2.69. The Labute approximate surface area is 117 Å². The van der Waals surface area contributed by atoms with Crippen LogP contribution >= 0.6 is 22.9 Å². The maximum absolute atomic E-state index is 6.05. The molecular formula is C14H16ClNOS. The normalized spacial score (nSPS) is 10.6. The average molecular weight is 282 g/mol. The van der Waals surface area contributed by atoms with Crippen molar-refractivity contribution >= 4 is 22.9 Å². The molecular weight excluding hydrogens is 266 g/mol. The molecule has 96 valence electrons. The van der Waals surface area contributed by atoms with Crippen LogP contribution in [0.25, 0.3) is 0 Å². The van der Waals surface area contributed by atoms with Gasteiger partial charge in [0, 0.05) is 21.9 Å². The van der Waals surface area contributed by atoms with Crippen molar-refractivity contribution in [1.82, 2.24) is 5.32 Å². The lowest BCUT2D eigenvalue weighted by molar-refractivity contribution is 0.306. The Bertz CT molecular complexity index is 524. The number of thiophene rings is 1. The molecule has 4 heteroatoms. The fraction of sp³-hybridized carbons (Fsp3) is 0.286. The predicted molar refractivity (Wildman–Crippen MR) is 77.6 cm³/mol. The molecule has 18 heavy (non-hydrogen) atoms. The van der Waals surface area contributed by atoms with E-state index < -0.39 is 0 Å². The summed E-state index contributed by atoms with van der Waals surface area (Å²) in [6.45, 7) is 3.59. The summed E-state index contributed by atoms with van der Waals surface area (Å²) in [6.07, 6.45) is 0. The molecule has 1 heterocycles. The van der Waals surface area contributed by atoms with E-state index in [9.17, 15) is 0 Å². The van der Waals surface area contributed by atoms with Gasteiger partial charge in [-0.25, -0.2) is 0 Å². The van der Waals surface area contributed by atoms with Crippen LogP contribution in [0.2, 0.25) is 5.02 Å². The second-order valence-corrected chi connectivity index (χ2v) is 5.79. The van der Waals surface area contributed by atoms with E-state index in [1.54, 1.807) is 11.3 Å². The molecule has 0 aliphatic rings. The number of halogens is 1. The first-order valence-electron chi connectivity index (χ1n) is 5.81. The number of rotatable bonds is 5. The Morgan fingerprint density at radius 2 is 2.11 bits per heavy atom. The van der Waals surface area contributed by atoms with E-state index >= 15 is 0 Å². The van der Waals surface area contributed by atoms with Gasteiger partial charge in [0.1, 0.15) is 12.4 Å². The van der Waals surface area contributed by atoms with Crippen LogP contribution in [0.3, 0.4) is 0 Å². The third-order valence-electron chi connectivity index (χ3n) is 2.64. The Morgan fingerprint density at radius 3 is 2.83 bits per heavy atom. The zero-order chi connectivity index (χ0) is 13.0. The first-order valence-corrected chi connectivity index (χ1v) is 7.00. The van der Waals surface area contributed by atoms with Gasteiger partial charge in [0.15, 0.2) is 0 Å². The molecule has 0 atom stereocenters. The standard InChI is InChI=1S/C14H16ClNOS/c1-10-11(7-12(18-10)8-16-2)9-17-14-6-4-3-5-13(14)15/h3-7,16H,8-9H2,1-2H3. The second kappa shape index (κ2) is 6.23. The summed E-state index contributed by atoms with van der Waals surface area (Å²) in [4.78, 5) is 2.63. The number of nitrogens with one attached hydrogen (secondary N) is 1. The van der Waals surface area contributed by atoms with Crippen molar-refractivity contribution < 1.29 is 4.74 Å². The highest BCUT2D eigenvalue weighted by molar-refractivity contribution is 7.12. The lowest BCUT2D eigenvalue weighted by Gasteiger charge is -2.07. The van der Waals surface area contributed by atoms with Crippen LogP contribution in [0.15, 0.2) is 30.3 Å². The van der Waals surface area contributed by atoms with Crippen LogP contribution in [-0.4, -0.2) is 7.05 Å². The minimum Gasteiger partial charge on any atom is -0.487 e. The van der Waals surface area contributed by atoms with Gasteiger partial charge in [-0.05, 0) is 32.2 Å². The van der Waals surface area contributed by atoms with E-state index in [-0.39, 0.29) is 0 Å². The summed E-state index contributed by atoms with van der Waals surface area (Å²) in [5.74, 6) is 0.736. The minimum absolute atomic E-state index is 0.565. The molecule has 2 rings (SSSR count). The van der Waals surface area contributed by atoms with E-state index in [1.165, 1.54) is 15.3 Å². The van der Waals surface area contributed by atoms with E-state index in [4.69, 9.17) is 16.3 Å². The fourth-order valence-corrected chi connectivity index (χ4v) is 2.96. The SMILES string of the molecule is CNCc1cc(COc2ccccc2Cl)c(C)s1. The zero-order valence-corrected chi connectivity index (χ0v) is 12.1. The van der Waals surface area contributed by atoms with E-state index in [1.807, 2.05) is 31.3 Å². The molecule has 2 nitrogen and oxygen atoms in total. The molecule has 0 saturated carbocycles. The zero-order valence-electron chi connectivity index (χ0n) is 10.5. The summed E-state index contributed by atoms with van der Waals surface area (Å²) < 4.78 is 5.75. The topological polar surface area (TPSA) is 21.3 Å². The molecule has 0 saturated heterocycles. The van der Waals surface area contributed by atoms with E-state index in [2.05, 4.69) is 18.3 Å². The Hall–Kier alpha value is -1.03. The smallest absolute Gasteiger partial charge is 0.138 e. The Kier molecular flexibility index (Phi) is 4.64. The molecule has 0 radical (unpaired) electrons. The number of para-hydroxylation sites is 1. The van der Waals surface area contributed by atoms with Crippen molar-refractivity contribution in [2.24, 2.45) is 0 Å². The summed E-state index contributed by atoms with van der Waals surface area (Å²) in [5, 5.41) is 3.81. The van der Waals surface area contributed by atoms with Crippen LogP contribution in [-0.2, 0) is 13.2 Å². The molecule has 1 aromatic carbocycles. The predicted octanol–water partition coefficient (Wildman–Crippen LogP) is 4.01. The number of hydrogen-bond acceptors (Lipinski definition) is 3. The third kappa shape index (κ3) is 3.25. The molecule has 0 unspecified atom stereocenters. The minimum atomic E-state index is 0.565. The third-order valence-corrected chi connectivity index (χ3v) is 4.05. The van der Waals surface area contributed by atoms with Gasteiger partial charge in [-0.1, -0.05) is 23.7 Å². The van der Waals surface area contributed by atoms with Crippen molar-refractivity contribution in [3.63, 3.8) is 0 Å². The van der Waals surface area contributed by atoms with Crippen molar-refractivity contribution in [3.05, 3.63) is 50.7 Å². The second-order valence-electron chi connectivity index (χ2n) is 4.04. The summed E-state index contributed by atoms with van der Waals surface area (Å²) in [6, 6.07) is 9.74. The van der Waals surface area contributed by atoms with Crippen LogP contribution < -0.4 is 10.1 Å². The van der Waals surface area contributed by atoms with Crippen LogP contribution in [0, 0.1) is 6.92 Å². The molecule has 0 aliphatic carbocycles. The highest BCUT2D eigenvalue weighted by atomic mass is 35.5. The molecule has 0 amide bonds. The van der Waals surface area contributed by atoms with Gasteiger partial charge < -0.3 is 10.1 Å². The van der Waals surface area contributed by atoms with Crippen molar-refractivity contribution in [3.8, 4) is 5.75 Å². The van der Waals surface area contributed by atoms with Crippen LogP contribution in [0.5, 0.6) is 5.75 Å².